The first-order chi connectivity index (χ1) is 15.8. The fourth-order valence-corrected chi connectivity index (χ4v) is 4.68. The Morgan fingerprint density at radius 3 is 2.39 bits per heavy atom. The molecule has 8 heteroatoms. The summed E-state index contributed by atoms with van der Waals surface area (Å²) >= 11 is 0. The molecule has 2 aromatic rings. The number of nitrogens with zero attached hydrogens (tertiary/aromatic N) is 1. The molecule has 1 atom stereocenters. The summed E-state index contributed by atoms with van der Waals surface area (Å²) < 4.78 is 37.5. The third-order valence-electron chi connectivity index (χ3n) is 5.85. The Kier molecular flexibility index (Phi) is 8.61. The van der Waals surface area contributed by atoms with Gasteiger partial charge in [0.05, 0.1) is 18.5 Å². The third-order valence-corrected chi connectivity index (χ3v) is 6.99. The van der Waals surface area contributed by atoms with Crippen molar-refractivity contribution in [3.8, 4) is 11.5 Å². The molecular formula is C25H34N2O5S. The summed E-state index contributed by atoms with van der Waals surface area (Å²) in [4.78, 5) is 12.5. The van der Waals surface area contributed by atoms with E-state index in [4.69, 9.17) is 9.47 Å². The number of anilines is 1. The number of nitrogens with one attached hydrogen (secondary N) is 1. The Bertz CT molecular complexity index is 1040. The fraction of sp³-hybridized carbons (Fsp3) is 0.480. The van der Waals surface area contributed by atoms with Crippen molar-refractivity contribution >= 4 is 21.6 Å². The smallest absolute Gasteiger partial charge is 0.251 e. The zero-order valence-electron chi connectivity index (χ0n) is 19.7. The van der Waals surface area contributed by atoms with Crippen molar-refractivity contribution in [1.82, 2.24) is 5.32 Å². The van der Waals surface area contributed by atoms with Gasteiger partial charge in [0.15, 0.2) is 11.5 Å². The highest BCUT2D eigenvalue weighted by Crippen LogP contribution is 2.35. The van der Waals surface area contributed by atoms with Crippen LogP contribution in [0.25, 0.3) is 0 Å². The summed E-state index contributed by atoms with van der Waals surface area (Å²) in [6, 6.07) is 12.2. The average molecular weight is 475 g/mol. The van der Waals surface area contributed by atoms with Crippen LogP contribution in [0.3, 0.4) is 0 Å². The van der Waals surface area contributed by atoms with Gasteiger partial charge in [-0.25, -0.2) is 8.42 Å². The van der Waals surface area contributed by atoms with E-state index in [-0.39, 0.29) is 12.5 Å². The summed E-state index contributed by atoms with van der Waals surface area (Å²) in [5.41, 5.74) is 1.84. The molecule has 0 aliphatic carbocycles. The van der Waals surface area contributed by atoms with Crippen LogP contribution in [-0.2, 0) is 16.6 Å². The van der Waals surface area contributed by atoms with E-state index in [9.17, 15) is 13.2 Å². The van der Waals surface area contributed by atoms with Gasteiger partial charge in [0.1, 0.15) is 13.2 Å². The summed E-state index contributed by atoms with van der Waals surface area (Å²) in [5, 5.41) is 3.03. The topological polar surface area (TPSA) is 84.9 Å². The lowest BCUT2D eigenvalue weighted by atomic mass is 9.99. The van der Waals surface area contributed by atoms with Crippen molar-refractivity contribution in [3.05, 3.63) is 53.6 Å². The molecule has 0 bridgehead atoms. The highest BCUT2D eigenvalue weighted by molar-refractivity contribution is 7.92. The fourth-order valence-electron chi connectivity index (χ4n) is 3.80. The number of amides is 1. The summed E-state index contributed by atoms with van der Waals surface area (Å²) in [7, 11) is -3.54. The lowest BCUT2D eigenvalue weighted by molar-refractivity contribution is 0.0946. The molecule has 0 fully saturated rings. The molecule has 1 N–H and O–H groups in total. The van der Waals surface area contributed by atoms with Crippen LogP contribution >= 0.6 is 0 Å². The standard InChI is InChI=1S/C25H34N2O5S/c1-4-6-7-19(5-2)17-26-25(28)21-10-8-20(9-11-21)18-27(33(3,29)30)22-12-13-23-24(16-22)32-15-14-31-23/h8-13,16,19H,4-7,14-15,17-18H2,1-3H3,(H,26,28)/t19-/m0/s1. The van der Waals surface area contributed by atoms with Crippen LogP contribution in [-0.4, -0.2) is 40.3 Å². The van der Waals surface area contributed by atoms with Crippen molar-refractivity contribution in [3.63, 3.8) is 0 Å². The van der Waals surface area contributed by atoms with E-state index in [2.05, 4.69) is 19.2 Å². The number of benzene rings is 2. The van der Waals surface area contributed by atoms with E-state index in [1.165, 1.54) is 17.0 Å². The number of ether oxygens (including phenoxy) is 2. The molecule has 0 saturated heterocycles. The van der Waals surface area contributed by atoms with E-state index in [0.717, 1.165) is 24.8 Å². The maximum absolute atomic E-state index is 12.5. The zero-order valence-corrected chi connectivity index (χ0v) is 20.5. The van der Waals surface area contributed by atoms with Gasteiger partial charge in [-0.05, 0) is 42.2 Å². The Morgan fingerprint density at radius 1 is 1.06 bits per heavy atom. The molecule has 0 aromatic heterocycles. The predicted octanol–water partition coefficient (Wildman–Crippen LogP) is 4.37. The zero-order chi connectivity index (χ0) is 23.8. The van der Waals surface area contributed by atoms with E-state index < -0.39 is 10.0 Å². The first-order valence-corrected chi connectivity index (χ1v) is 13.4. The molecule has 1 aliphatic heterocycles. The minimum atomic E-state index is -3.54. The SMILES string of the molecule is CCCC[C@H](CC)CNC(=O)c1ccc(CN(c2ccc3c(c2)OCCO3)S(C)(=O)=O)cc1. The minimum absolute atomic E-state index is 0.108. The van der Waals surface area contributed by atoms with Crippen LogP contribution in [0.2, 0.25) is 0 Å². The largest absolute Gasteiger partial charge is 0.486 e. The van der Waals surface area contributed by atoms with Gasteiger partial charge in [-0.3, -0.25) is 9.10 Å². The normalized spacial score (nSPS) is 13.9. The molecule has 0 radical (unpaired) electrons. The van der Waals surface area contributed by atoms with Crippen molar-refractivity contribution in [2.24, 2.45) is 5.92 Å². The molecule has 180 valence electrons. The highest BCUT2D eigenvalue weighted by atomic mass is 32.2. The first kappa shape index (κ1) is 24.9. The third kappa shape index (κ3) is 6.87. The molecule has 7 nitrogen and oxygen atoms in total. The molecule has 1 heterocycles. The molecule has 0 unspecified atom stereocenters. The van der Waals surface area contributed by atoms with Gasteiger partial charge < -0.3 is 14.8 Å². The second-order valence-electron chi connectivity index (χ2n) is 8.42. The van der Waals surface area contributed by atoms with Gasteiger partial charge in [0.25, 0.3) is 5.91 Å². The van der Waals surface area contributed by atoms with Crippen LogP contribution in [0.5, 0.6) is 11.5 Å². The molecule has 0 saturated carbocycles. The maximum Gasteiger partial charge on any atom is 0.251 e. The number of carbonyl (C=O) groups is 1. The van der Waals surface area contributed by atoms with E-state index in [1.807, 2.05) is 0 Å². The second kappa shape index (κ2) is 11.4. The Morgan fingerprint density at radius 2 is 1.76 bits per heavy atom. The van der Waals surface area contributed by atoms with Crippen molar-refractivity contribution < 1.29 is 22.7 Å². The number of hydrogen-bond acceptors (Lipinski definition) is 5. The predicted molar refractivity (Wildman–Crippen MR) is 131 cm³/mol. The lowest BCUT2D eigenvalue weighted by Gasteiger charge is -2.25. The molecule has 33 heavy (non-hydrogen) atoms. The maximum atomic E-state index is 12.5. The van der Waals surface area contributed by atoms with Gasteiger partial charge >= 0.3 is 0 Å². The van der Waals surface area contributed by atoms with Gasteiger partial charge in [0.2, 0.25) is 10.0 Å². The Hall–Kier alpha value is -2.74. The van der Waals surface area contributed by atoms with E-state index in [1.54, 1.807) is 42.5 Å². The molecule has 3 rings (SSSR count). The minimum Gasteiger partial charge on any atom is -0.486 e. The summed E-state index contributed by atoms with van der Waals surface area (Å²) in [6.07, 6.45) is 5.66. The van der Waals surface area contributed by atoms with Crippen molar-refractivity contribution in [2.75, 3.05) is 30.3 Å². The highest BCUT2D eigenvalue weighted by Gasteiger charge is 2.21. The van der Waals surface area contributed by atoms with Crippen LogP contribution in [0.4, 0.5) is 5.69 Å². The Balaban J connectivity index is 1.68. The number of rotatable bonds is 11. The number of carbonyl (C=O) groups excluding carboxylic acids is 1. The van der Waals surface area contributed by atoms with Crippen LogP contribution in [0, 0.1) is 5.92 Å². The molecule has 1 amide bonds. The average Bonchev–Trinajstić information content (AvgIpc) is 2.82. The number of fused-ring (bicyclic) bond motifs is 1. The van der Waals surface area contributed by atoms with Gasteiger partial charge in [-0.1, -0.05) is 45.2 Å². The Labute approximate surface area is 197 Å². The number of unbranched alkanes of at least 4 members (excludes halogenated alkanes) is 1. The van der Waals surface area contributed by atoms with Gasteiger partial charge in [0, 0.05) is 18.2 Å². The summed E-state index contributed by atoms with van der Waals surface area (Å²) in [6.45, 7) is 6.04. The van der Waals surface area contributed by atoms with Gasteiger partial charge in [-0.2, -0.15) is 0 Å². The lowest BCUT2D eigenvalue weighted by Crippen LogP contribution is -2.30. The molecule has 1 aliphatic rings. The quantitative estimate of drug-likeness (QED) is 0.523. The van der Waals surface area contributed by atoms with Crippen LogP contribution in [0.15, 0.2) is 42.5 Å². The molecular weight excluding hydrogens is 440 g/mol. The molecule has 0 spiro atoms. The molecule has 2 aromatic carbocycles. The van der Waals surface area contributed by atoms with Crippen LogP contribution in [0.1, 0.15) is 55.5 Å². The monoisotopic (exact) mass is 474 g/mol. The van der Waals surface area contributed by atoms with Crippen molar-refractivity contribution in [2.45, 2.75) is 46.1 Å². The first-order valence-electron chi connectivity index (χ1n) is 11.6. The van der Waals surface area contributed by atoms with E-state index in [0.29, 0.717) is 48.4 Å². The van der Waals surface area contributed by atoms with Crippen molar-refractivity contribution in [1.29, 1.82) is 0 Å². The second-order valence-corrected chi connectivity index (χ2v) is 10.3. The summed E-state index contributed by atoms with van der Waals surface area (Å²) in [5.74, 6) is 1.52. The van der Waals surface area contributed by atoms with Gasteiger partial charge in [-0.15, -0.1) is 0 Å². The number of hydrogen-bond donors (Lipinski definition) is 1. The van der Waals surface area contributed by atoms with E-state index >= 15 is 0 Å². The number of sulfonamides is 1. The van der Waals surface area contributed by atoms with Crippen LogP contribution < -0.4 is 19.1 Å².